The number of hydrogen-bond acceptors (Lipinski definition) is 3. The van der Waals surface area contributed by atoms with E-state index in [2.05, 4.69) is 21.2 Å². The number of hydrogen-bond donors (Lipinski definition) is 3. The van der Waals surface area contributed by atoms with Gasteiger partial charge in [-0.15, -0.1) is 0 Å². The van der Waals surface area contributed by atoms with Gasteiger partial charge in [0.1, 0.15) is 17.1 Å². The summed E-state index contributed by atoms with van der Waals surface area (Å²) in [6.07, 6.45) is 0. The van der Waals surface area contributed by atoms with Crippen LogP contribution in [0.2, 0.25) is 0 Å². The number of carbonyl (C=O) groups excluding carboxylic acids is 1. The molecule has 0 unspecified atom stereocenters. The molecule has 2 aromatic rings. The number of benzene rings is 2. The summed E-state index contributed by atoms with van der Waals surface area (Å²) >= 11 is 3.38. The monoisotopic (exact) mass is 321 g/mol. The lowest BCUT2D eigenvalue weighted by atomic mass is 10.1. The van der Waals surface area contributed by atoms with Gasteiger partial charge in [0.25, 0.3) is 5.91 Å². The Morgan fingerprint density at radius 3 is 2.32 bits per heavy atom. The van der Waals surface area contributed by atoms with Gasteiger partial charge >= 0.3 is 0 Å². The Kier molecular flexibility index (Phi) is 3.76. The molecule has 2 rings (SSSR count). The highest BCUT2D eigenvalue weighted by molar-refractivity contribution is 9.10. The number of phenolic OH excluding ortho intramolecular Hbond substituents is 2. The minimum atomic E-state index is -0.568. The Balaban J connectivity index is 2.34. The number of rotatable bonds is 2. The first-order chi connectivity index (χ1) is 9.00. The van der Waals surface area contributed by atoms with Gasteiger partial charge in [0.15, 0.2) is 0 Å². The molecule has 5 heteroatoms. The molecule has 0 aliphatic heterocycles. The quantitative estimate of drug-likeness (QED) is 0.793. The van der Waals surface area contributed by atoms with Crippen LogP contribution in [0.5, 0.6) is 11.5 Å². The predicted octanol–water partition coefficient (Wildman–Crippen LogP) is 3.42. The van der Waals surface area contributed by atoms with E-state index >= 15 is 0 Å². The summed E-state index contributed by atoms with van der Waals surface area (Å²) in [5.41, 5.74) is 1.41. The number of phenols is 2. The number of halogens is 1. The molecule has 0 aliphatic carbocycles. The first-order valence-corrected chi connectivity index (χ1v) is 6.37. The fraction of sp³-hybridized carbons (Fsp3) is 0.0714. The van der Waals surface area contributed by atoms with Crippen LogP contribution >= 0.6 is 15.9 Å². The average Bonchev–Trinajstić information content (AvgIpc) is 2.35. The number of aryl methyl sites for hydroxylation is 1. The largest absolute Gasteiger partial charge is 0.507 e. The molecule has 0 saturated carbocycles. The topological polar surface area (TPSA) is 69.6 Å². The van der Waals surface area contributed by atoms with E-state index in [1.807, 2.05) is 13.0 Å². The molecule has 1 amide bonds. The highest BCUT2D eigenvalue weighted by atomic mass is 79.9. The standard InChI is InChI=1S/C14H12BrNO3/c1-8-4-2-5-9(13(8)15)16-14(19)12-10(17)6-3-7-11(12)18/h2-7,17-18H,1H3,(H,16,19). The Morgan fingerprint density at radius 1 is 1.11 bits per heavy atom. The Labute approximate surface area is 118 Å². The van der Waals surface area contributed by atoms with E-state index in [4.69, 9.17) is 0 Å². The maximum atomic E-state index is 12.1. The lowest BCUT2D eigenvalue weighted by Crippen LogP contribution is -2.13. The van der Waals surface area contributed by atoms with Crippen molar-refractivity contribution < 1.29 is 15.0 Å². The van der Waals surface area contributed by atoms with E-state index < -0.39 is 5.91 Å². The van der Waals surface area contributed by atoms with Crippen molar-refractivity contribution >= 4 is 27.5 Å². The van der Waals surface area contributed by atoms with Crippen molar-refractivity contribution in [2.75, 3.05) is 5.32 Å². The Bertz CT molecular complexity index is 620. The molecule has 19 heavy (non-hydrogen) atoms. The molecule has 0 atom stereocenters. The maximum absolute atomic E-state index is 12.1. The summed E-state index contributed by atoms with van der Waals surface area (Å²) in [6.45, 7) is 1.90. The van der Waals surface area contributed by atoms with Crippen LogP contribution in [0.15, 0.2) is 40.9 Å². The van der Waals surface area contributed by atoms with E-state index in [9.17, 15) is 15.0 Å². The lowest BCUT2D eigenvalue weighted by Gasteiger charge is -2.11. The summed E-state index contributed by atoms with van der Waals surface area (Å²) < 4.78 is 0.762. The molecule has 0 bridgehead atoms. The minimum absolute atomic E-state index is 0.143. The SMILES string of the molecule is Cc1cccc(NC(=O)c2c(O)cccc2O)c1Br. The van der Waals surface area contributed by atoms with Gasteiger partial charge in [0.05, 0.1) is 5.69 Å². The minimum Gasteiger partial charge on any atom is -0.507 e. The molecular weight excluding hydrogens is 310 g/mol. The van der Waals surface area contributed by atoms with Gasteiger partial charge in [-0.05, 0) is 46.6 Å². The van der Waals surface area contributed by atoms with Crippen LogP contribution < -0.4 is 5.32 Å². The van der Waals surface area contributed by atoms with Gasteiger partial charge in [0.2, 0.25) is 0 Å². The summed E-state index contributed by atoms with van der Waals surface area (Å²) in [5.74, 6) is -1.09. The Hall–Kier alpha value is -2.01. The molecule has 0 heterocycles. The van der Waals surface area contributed by atoms with Crippen LogP contribution in [0.1, 0.15) is 15.9 Å². The zero-order chi connectivity index (χ0) is 14.0. The molecule has 98 valence electrons. The summed E-state index contributed by atoms with van der Waals surface area (Å²) in [6, 6.07) is 9.59. The van der Waals surface area contributed by atoms with Crippen molar-refractivity contribution in [3.05, 3.63) is 52.0 Å². The predicted molar refractivity (Wildman–Crippen MR) is 76.6 cm³/mol. The van der Waals surface area contributed by atoms with Crippen LogP contribution in [0.3, 0.4) is 0 Å². The van der Waals surface area contributed by atoms with Gasteiger partial charge in [-0.25, -0.2) is 0 Å². The van der Waals surface area contributed by atoms with Gasteiger partial charge in [-0.1, -0.05) is 18.2 Å². The highest BCUT2D eigenvalue weighted by Crippen LogP contribution is 2.30. The average molecular weight is 322 g/mol. The second kappa shape index (κ2) is 5.32. The van der Waals surface area contributed by atoms with Crippen molar-refractivity contribution in [2.24, 2.45) is 0 Å². The third-order valence-corrected chi connectivity index (χ3v) is 3.74. The molecular formula is C14H12BrNO3. The summed E-state index contributed by atoms with van der Waals surface area (Å²) in [4.78, 5) is 12.1. The molecule has 0 spiro atoms. The van der Waals surface area contributed by atoms with Gasteiger partial charge < -0.3 is 15.5 Å². The van der Waals surface area contributed by atoms with Crippen molar-refractivity contribution in [3.63, 3.8) is 0 Å². The second-order valence-corrected chi connectivity index (χ2v) is 4.85. The van der Waals surface area contributed by atoms with Crippen LogP contribution in [-0.4, -0.2) is 16.1 Å². The summed E-state index contributed by atoms with van der Waals surface area (Å²) in [5, 5.41) is 21.9. The van der Waals surface area contributed by atoms with Gasteiger partial charge in [-0.3, -0.25) is 4.79 Å². The smallest absolute Gasteiger partial charge is 0.263 e. The molecule has 2 aromatic carbocycles. The maximum Gasteiger partial charge on any atom is 0.263 e. The number of nitrogens with one attached hydrogen (secondary N) is 1. The molecule has 4 nitrogen and oxygen atoms in total. The third-order valence-electron chi connectivity index (χ3n) is 2.69. The first-order valence-electron chi connectivity index (χ1n) is 5.58. The van der Waals surface area contributed by atoms with Crippen molar-refractivity contribution in [1.29, 1.82) is 0 Å². The van der Waals surface area contributed by atoms with E-state index in [0.29, 0.717) is 5.69 Å². The zero-order valence-electron chi connectivity index (χ0n) is 10.1. The molecule has 0 aromatic heterocycles. The Morgan fingerprint density at radius 2 is 1.68 bits per heavy atom. The number of carbonyl (C=O) groups is 1. The first kappa shape index (κ1) is 13.4. The molecule has 0 aliphatic rings. The van der Waals surface area contributed by atoms with Crippen molar-refractivity contribution in [1.82, 2.24) is 0 Å². The summed E-state index contributed by atoms with van der Waals surface area (Å²) in [7, 11) is 0. The fourth-order valence-electron chi connectivity index (χ4n) is 1.69. The highest BCUT2D eigenvalue weighted by Gasteiger charge is 2.17. The molecule has 0 fully saturated rings. The molecule has 3 N–H and O–H groups in total. The third kappa shape index (κ3) is 2.71. The van der Waals surface area contributed by atoms with Gasteiger partial charge in [-0.2, -0.15) is 0 Å². The van der Waals surface area contributed by atoms with Crippen LogP contribution in [-0.2, 0) is 0 Å². The zero-order valence-corrected chi connectivity index (χ0v) is 11.7. The normalized spacial score (nSPS) is 10.2. The van der Waals surface area contributed by atoms with Crippen molar-refractivity contribution in [2.45, 2.75) is 6.92 Å². The molecule has 0 radical (unpaired) electrons. The number of anilines is 1. The van der Waals surface area contributed by atoms with E-state index in [-0.39, 0.29) is 17.1 Å². The molecule has 0 saturated heterocycles. The van der Waals surface area contributed by atoms with E-state index in [0.717, 1.165) is 10.0 Å². The van der Waals surface area contributed by atoms with Crippen LogP contribution in [0.4, 0.5) is 5.69 Å². The fourth-order valence-corrected chi connectivity index (χ4v) is 2.05. The van der Waals surface area contributed by atoms with E-state index in [1.54, 1.807) is 12.1 Å². The second-order valence-electron chi connectivity index (χ2n) is 4.06. The number of aromatic hydroxyl groups is 2. The van der Waals surface area contributed by atoms with Crippen molar-refractivity contribution in [3.8, 4) is 11.5 Å². The lowest BCUT2D eigenvalue weighted by molar-refractivity contribution is 0.102. The van der Waals surface area contributed by atoms with Gasteiger partial charge in [0, 0.05) is 4.47 Å². The number of amides is 1. The van der Waals surface area contributed by atoms with Crippen LogP contribution in [0, 0.1) is 6.92 Å². The van der Waals surface area contributed by atoms with E-state index in [1.165, 1.54) is 18.2 Å². The van der Waals surface area contributed by atoms with Crippen LogP contribution in [0.25, 0.3) is 0 Å².